The van der Waals surface area contributed by atoms with Gasteiger partial charge in [-0.25, -0.2) is 4.98 Å². The van der Waals surface area contributed by atoms with Crippen LogP contribution in [0, 0.1) is 0 Å². The summed E-state index contributed by atoms with van der Waals surface area (Å²) in [6.07, 6.45) is 1.61. The molecular formula is C20H14ClN3O3. The van der Waals surface area contributed by atoms with Crippen molar-refractivity contribution in [3.8, 4) is 17.3 Å². The van der Waals surface area contributed by atoms with Crippen LogP contribution in [0.2, 0.25) is 0 Å². The van der Waals surface area contributed by atoms with Crippen LogP contribution in [0.15, 0.2) is 53.7 Å². The molecule has 0 atom stereocenters. The van der Waals surface area contributed by atoms with Gasteiger partial charge in [-0.15, -0.1) is 0 Å². The number of aromatic amines is 1. The SMILES string of the molecule is CCOc1ccc(C2=C(Cl)C(=O)c3[nH]c(-c4ccccn4)nc3C2=O)cc1. The molecule has 1 N–H and O–H groups in total. The van der Waals surface area contributed by atoms with Gasteiger partial charge in [0.1, 0.15) is 27.9 Å². The molecule has 0 fully saturated rings. The number of allylic oxidation sites excluding steroid dienone is 2. The molecule has 2 aromatic heterocycles. The molecule has 0 unspecified atom stereocenters. The van der Waals surface area contributed by atoms with Crippen LogP contribution in [0.3, 0.4) is 0 Å². The molecule has 3 aromatic rings. The average molecular weight is 380 g/mol. The van der Waals surface area contributed by atoms with E-state index in [1.807, 2.05) is 6.92 Å². The smallest absolute Gasteiger partial charge is 0.223 e. The van der Waals surface area contributed by atoms with Crippen molar-refractivity contribution in [1.29, 1.82) is 0 Å². The van der Waals surface area contributed by atoms with E-state index in [0.29, 0.717) is 29.4 Å². The molecule has 0 radical (unpaired) electrons. The zero-order chi connectivity index (χ0) is 19.0. The Bertz CT molecular complexity index is 1070. The average Bonchev–Trinajstić information content (AvgIpc) is 3.15. The number of nitrogens with zero attached hydrogens (tertiary/aromatic N) is 2. The summed E-state index contributed by atoms with van der Waals surface area (Å²) in [6.45, 7) is 2.42. The van der Waals surface area contributed by atoms with Crippen LogP contribution in [0.25, 0.3) is 17.1 Å². The molecule has 134 valence electrons. The Labute approximate surface area is 159 Å². The maximum Gasteiger partial charge on any atom is 0.223 e. The number of Topliss-reactive ketones (excluding diaryl/α,β-unsaturated/α-hetero) is 2. The minimum atomic E-state index is -0.468. The molecule has 7 heteroatoms. The maximum atomic E-state index is 13.0. The maximum absolute atomic E-state index is 13.0. The molecule has 0 bridgehead atoms. The first kappa shape index (κ1) is 17.2. The number of fused-ring (bicyclic) bond motifs is 1. The number of pyridine rings is 1. The third-order valence-corrected chi connectivity index (χ3v) is 4.51. The lowest BCUT2D eigenvalue weighted by atomic mass is 9.92. The van der Waals surface area contributed by atoms with E-state index in [1.54, 1.807) is 48.7 Å². The minimum absolute atomic E-state index is 0.0499. The Morgan fingerprint density at radius 1 is 1.07 bits per heavy atom. The third-order valence-electron chi connectivity index (χ3n) is 4.15. The van der Waals surface area contributed by atoms with Gasteiger partial charge in [-0.05, 0) is 36.8 Å². The molecule has 27 heavy (non-hydrogen) atoms. The van der Waals surface area contributed by atoms with Crippen LogP contribution < -0.4 is 4.74 Å². The van der Waals surface area contributed by atoms with Gasteiger partial charge >= 0.3 is 0 Å². The number of H-pyrrole nitrogens is 1. The zero-order valence-corrected chi connectivity index (χ0v) is 15.1. The van der Waals surface area contributed by atoms with Gasteiger partial charge in [0.2, 0.25) is 11.6 Å². The number of halogens is 1. The number of carbonyl (C=O) groups excluding carboxylic acids is 2. The highest BCUT2D eigenvalue weighted by molar-refractivity contribution is 6.56. The fourth-order valence-electron chi connectivity index (χ4n) is 2.91. The molecule has 0 saturated carbocycles. The number of imidazole rings is 1. The van der Waals surface area contributed by atoms with E-state index < -0.39 is 11.6 Å². The lowest BCUT2D eigenvalue weighted by molar-refractivity contribution is 0.0993. The number of rotatable bonds is 4. The molecule has 1 aliphatic rings. The molecule has 0 spiro atoms. The molecule has 1 aromatic carbocycles. The largest absolute Gasteiger partial charge is 0.494 e. The minimum Gasteiger partial charge on any atom is -0.494 e. The van der Waals surface area contributed by atoms with E-state index in [2.05, 4.69) is 15.0 Å². The van der Waals surface area contributed by atoms with Gasteiger partial charge in [-0.3, -0.25) is 14.6 Å². The van der Waals surface area contributed by atoms with Gasteiger partial charge in [0.25, 0.3) is 0 Å². The first-order valence-electron chi connectivity index (χ1n) is 8.34. The number of aromatic nitrogens is 3. The summed E-state index contributed by atoms with van der Waals surface area (Å²) in [4.78, 5) is 37.1. The van der Waals surface area contributed by atoms with Crippen molar-refractivity contribution in [3.05, 3.63) is 70.6 Å². The highest BCUT2D eigenvalue weighted by Gasteiger charge is 2.35. The van der Waals surface area contributed by atoms with E-state index >= 15 is 0 Å². The predicted octanol–water partition coefficient (Wildman–Crippen LogP) is 3.90. The Hall–Kier alpha value is -3.25. The Morgan fingerprint density at radius 2 is 1.85 bits per heavy atom. The molecule has 0 aliphatic heterocycles. The number of hydrogen-bond acceptors (Lipinski definition) is 5. The fourth-order valence-corrected chi connectivity index (χ4v) is 3.20. The third kappa shape index (κ3) is 2.94. The molecule has 2 heterocycles. The topological polar surface area (TPSA) is 84.9 Å². The second-order valence-corrected chi connectivity index (χ2v) is 6.21. The Kier molecular flexibility index (Phi) is 4.33. The van der Waals surface area contributed by atoms with Crippen molar-refractivity contribution < 1.29 is 14.3 Å². The van der Waals surface area contributed by atoms with Crippen molar-refractivity contribution in [2.45, 2.75) is 6.92 Å². The van der Waals surface area contributed by atoms with Gasteiger partial charge in [-0.2, -0.15) is 0 Å². The first-order valence-corrected chi connectivity index (χ1v) is 8.71. The van der Waals surface area contributed by atoms with Gasteiger partial charge in [-0.1, -0.05) is 29.8 Å². The molecule has 4 rings (SSSR count). The standard InChI is InChI=1S/C20H14ClN3O3/c1-2-27-12-8-6-11(7-9-12)14-15(21)19(26)17-16(18(14)25)23-20(24-17)13-5-3-4-10-22-13/h3-10H,2H2,1H3,(H,23,24). The van der Waals surface area contributed by atoms with Crippen LogP contribution in [0.1, 0.15) is 33.5 Å². The van der Waals surface area contributed by atoms with E-state index in [1.165, 1.54) is 0 Å². The molecular weight excluding hydrogens is 366 g/mol. The van der Waals surface area contributed by atoms with Gasteiger partial charge < -0.3 is 9.72 Å². The Morgan fingerprint density at radius 3 is 2.52 bits per heavy atom. The quantitative estimate of drug-likeness (QED) is 0.743. The summed E-state index contributed by atoms with van der Waals surface area (Å²) < 4.78 is 5.41. The molecule has 1 aliphatic carbocycles. The van der Waals surface area contributed by atoms with Crippen molar-refractivity contribution in [2.24, 2.45) is 0 Å². The van der Waals surface area contributed by atoms with Crippen LogP contribution >= 0.6 is 11.6 Å². The summed E-state index contributed by atoms with van der Waals surface area (Å²) in [7, 11) is 0. The number of ether oxygens (including phenoxy) is 1. The van der Waals surface area contributed by atoms with E-state index in [9.17, 15) is 9.59 Å². The van der Waals surface area contributed by atoms with Crippen LogP contribution in [0.4, 0.5) is 0 Å². The summed E-state index contributed by atoms with van der Waals surface area (Å²) >= 11 is 6.26. The lowest BCUT2D eigenvalue weighted by Gasteiger charge is -2.14. The lowest BCUT2D eigenvalue weighted by Crippen LogP contribution is -2.19. The van der Waals surface area contributed by atoms with E-state index in [-0.39, 0.29) is 22.0 Å². The summed E-state index contributed by atoms with van der Waals surface area (Å²) in [6, 6.07) is 12.2. The molecule has 0 amide bonds. The highest BCUT2D eigenvalue weighted by Crippen LogP contribution is 2.35. The van der Waals surface area contributed by atoms with E-state index in [4.69, 9.17) is 16.3 Å². The number of nitrogens with one attached hydrogen (secondary N) is 1. The highest BCUT2D eigenvalue weighted by atomic mass is 35.5. The summed E-state index contributed by atoms with van der Waals surface area (Å²) in [5, 5.41) is -0.132. The summed E-state index contributed by atoms with van der Waals surface area (Å²) in [5.41, 5.74) is 1.34. The normalized spacial score (nSPS) is 13.7. The van der Waals surface area contributed by atoms with E-state index in [0.717, 1.165) is 0 Å². The zero-order valence-electron chi connectivity index (χ0n) is 14.3. The van der Waals surface area contributed by atoms with Gasteiger partial charge in [0.15, 0.2) is 5.82 Å². The fraction of sp³-hybridized carbons (Fsp3) is 0.100. The first-order chi connectivity index (χ1) is 13.1. The van der Waals surface area contributed by atoms with Crippen molar-refractivity contribution >= 4 is 28.7 Å². The van der Waals surface area contributed by atoms with Crippen molar-refractivity contribution in [1.82, 2.24) is 15.0 Å². The number of benzene rings is 1. The molecule has 6 nitrogen and oxygen atoms in total. The number of carbonyl (C=O) groups is 2. The van der Waals surface area contributed by atoms with Gasteiger partial charge in [0.05, 0.1) is 12.2 Å². The monoisotopic (exact) mass is 379 g/mol. The summed E-state index contributed by atoms with van der Waals surface area (Å²) in [5.74, 6) is 0.146. The second kappa shape index (κ2) is 6.81. The van der Waals surface area contributed by atoms with Crippen LogP contribution in [0.5, 0.6) is 5.75 Å². The van der Waals surface area contributed by atoms with Crippen LogP contribution in [-0.4, -0.2) is 33.1 Å². The van der Waals surface area contributed by atoms with Gasteiger partial charge in [0, 0.05) is 6.20 Å². The van der Waals surface area contributed by atoms with Crippen molar-refractivity contribution in [2.75, 3.05) is 6.61 Å². The Balaban J connectivity index is 1.76. The van der Waals surface area contributed by atoms with Crippen molar-refractivity contribution in [3.63, 3.8) is 0 Å². The number of ketones is 2. The molecule has 0 saturated heterocycles. The second-order valence-electron chi connectivity index (χ2n) is 5.83. The number of hydrogen-bond donors (Lipinski definition) is 1. The predicted molar refractivity (Wildman–Crippen MR) is 101 cm³/mol. The van der Waals surface area contributed by atoms with Crippen LogP contribution in [-0.2, 0) is 0 Å².